The first-order chi connectivity index (χ1) is 6.20. The van der Waals surface area contributed by atoms with Crippen LogP contribution in [0.25, 0.3) is 0 Å². The van der Waals surface area contributed by atoms with E-state index in [0.29, 0.717) is 5.75 Å². The number of aliphatic carboxylic acids is 1. The number of carboxylic acids is 1. The van der Waals surface area contributed by atoms with E-state index < -0.39 is 5.97 Å². The van der Waals surface area contributed by atoms with Crippen LogP contribution in [0.5, 0.6) is 0 Å². The molecule has 0 aliphatic carbocycles. The molecule has 0 bridgehead atoms. The van der Waals surface area contributed by atoms with E-state index in [4.69, 9.17) is 5.11 Å². The van der Waals surface area contributed by atoms with Gasteiger partial charge in [-0.05, 0) is 12.1 Å². The van der Waals surface area contributed by atoms with Crippen LogP contribution in [0.3, 0.4) is 0 Å². The smallest absolute Gasteiger partial charge is 0.307 e. The molecule has 0 fully saturated rings. The summed E-state index contributed by atoms with van der Waals surface area (Å²) in [5.74, 6) is -0.395. The van der Waals surface area contributed by atoms with Crippen molar-refractivity contribution < 1.29 is 9.90 Å². The summed E-state index contributed by atoms with van der Waals surface area (Å²) in [5.41, 5.74) is 0. The predicted molar refractivity (Wildman–Crippen MR) is 54.0 cm³/mol. The second-order valence-electron chi connectivity index (χ2n) is 2.86. The highest BCUT2D eigenvalue weighted by molar-refractivity contribution is 7.99. The first kappa shape index (κ1) is 10.1. The predicted octanol–water partition coefficient (Wildman–Crippen LogP) is 2.50. The van der Waals surface area contributed by atoms with Crippen molar-refractivity contribution in [2.24, 2.45) is 5.92 Å². The Kier molecular flexibility index (Phi) is 3.83. The second kappa shape index (κ2) is 4.92. The fraction of sp³-hybridized carbons (Fsp3) is 0.300. The van der Waals surface area contributed by atoms with Gasteiger partial charge in [0.2, 0.25) is 0 Å². The normalized spacial score (nSPS) is 12.4. The van der Waals surface area contributed by atoms with Gasteiger partial charge in [0.25, 0.3) is 0 Å². The van der Waals surface area contributed by atoms with Crippen LogP contribution in [0, 0.1) is 5.92 Å². The molecule has 1 N–H and O–H groups in total. The summed E-state index contributed by atoms with van der Waals surface area (Å²) < 4.78 is 0. The first-order valence-electron chi connectivity index (χ1n) is 4.11. The van der Waals surface area contributed by atoms with Gasteiger partial charge in [-0.25, -0.2) is 0 Å². The summed E-state index contributed by atoms with van der Waals surface area (Å²) >= 11 is 1.58. The van der Waals surface area contributed by atoms with E-state index in [1.807, 2.05) is 30.3 Å². The number of hydrogen-bond acceptors (Lipinski definition) is 2. The topological polar surface area (TPSA) is 37.3 Å². The van der Waals surface area contributed by atoms with Crippen molar-refractivity contribution in [1.82, 2.24) is 0 Å². The molecule has 0 saturated heterocycles. The van der Waals surface area contributed by atoms with E-state index in [2.05, 4.69) is 0 Å². The molecule has 0 radical (unpaired) electrons. The minimum absolute atomic E-state index is 0.287. The molecule has 1 aromatic carbocycles. The highest BCUT2D eigenvalue weighted by Gasteiger charge is 2.10. The number of rotatable bonds is 4. The number of carboxylic acid groups (broad SMARTS) is 1. The van der Waals surface area contributed by atoms with Gasteiger partial charge in [0.05, 0.1) is 5.92 Å². The maximum Gasteiger partial charge on any atom is 0.307 e. The van der Waals surface area contributed by atoms with Crippen molar-refractivity contribution in [3.63, 3.8) is 0 Å². The molecule has 0 aliphatic heterocycles. The number of hydrogen-bond donors (Lipinski definition) is 1. The Labute approximate surface area is 82.0 Å². The van der Waals surface area contributed by atoms with Gasteiger partial charge in [-0.1, -0.05) is 25.1 Å². The average Bonchev–Trinajstić information content (AvgIpc) is 2.15. The Morgan fingerprint density at radius 3 is 2.62 bits per heavy atom. The zero-order chi connectivity index (χ0) is 9.68. The largest absolute Gasteiger partial charge is 0.481 e. The van der Waals surface area contributed by atoms with Crippen molar-refractivity contribution >= 4 is 17.7 Å². The minimum Gasteiger partial charge on any atom is -0.481 e. The van der Waals surface area contributed by atoms with Crippen LogP contribution in [-0.2, 0) is 4.79 Å². The summed E-state index contributed by atoms with van der Waals surface area (Å²) in [4.78, 5) is 11.6. The molecular formula is C10H12O2S. The standard InChI is InChI=1S/C10H12O2S/c1-8(10(11)12)7-13-9-5-3-2-4-6-9/h2-6,8H,7H2,1H3,(H,11,12)/t8-/m0/s1. The SMILES string of the molecule is C[C@@H](CSc1ccccc1)C(=O)O. The molecule has 0 unspecified atom stereocenters. The van der Waals surface area contributed by atoms with Crippen LogP contribution in [0.4, 0.5) is 0 Å². The molecule has 70 valence electrons. The van der Waals surface area contributed by atoms with Gasteiger partial charge in [-0.15, -0.1) is 11.8 Å². The van der Waals surface area contributed by atoms with Gasteiger partial charge in [0, 0.05) is 10.6 Å². The number of benzene rings is 1. The molecule has 1 rings (SSSR count). The van der Waals surface area contributed by atoms with E-state index in [1.54, 1.807) is 18.7 Å². The zero-order valence-corrected chi connectivity index (χ0v) is 8.25. The Morgan fingerprint density at radius 1 is 1.46 bits per heavy atom. The van der Waals surface area contributed by atoms with Crippen LogP contribution in [-0.4, -0.2) is 16.8 Å². The van der Waals surface area contributed by atoms with Crippen LogP contribution >= 0.6 is 11.8 Å². The molecule has 13 heavy (non-hydrogen) atoms. The lowest BCUT2D eigenvalue weighted by atomic mass is 10.2. The van der Waals surface area contributed by atoms with Crippen molar-refractivity contribution in [1.29, 1.82) is 0 Å². The molecule has 1 atom stereocenters. The molecular weight excluding hydrogens is 184 g/mol. The molecule has 0 saturated carbocycles. The van der Waals surface area contributed by atoms with Crippen molar-refractivity contribution in [3.05, 3.63) is 30.3 Å². The van der Waals surface area contributed by atoms with Crippen LogP contribution in [0.15, 0.2) is 35.2 Å². The van der Waals surface area contributed by atoms with Crippen molar-refractivity contribution in [2.45, 2.75) is 11.8 Å². The third-order valence-electron chi connectivity index (χ3n) is 1.66. The van der Waals surface area contributed by atoms with Gasteiger partial charge in [0.1, 0.15) is 0 Å². The highest BCUT2D eigenvalue weighted by atomic mass is 32.2. The number of carbonyl (C=O) groups is 1. The minimum atomic E-state index is -0.733. The summed E-state index contributed by atoms with van der Waals surface area (Å²) in [5, 5.41) is 8.65. The van der Waals surface area contributed by atoms with Gasteiger partial charge >= 0.3 is 5.97 Å². The Hall–Kier alpha value is -0.960. The van der Waals surface area contributed by atoms with E-state index >= 15 is 0 Å². The van der Waals surface area contributed by atoms with Gasteiger partial charge in [0.15, 0.2) is 0 Å². The fourth-order valence-electron chi connectivity index (χ4n) is 0.809. The summed E-state index contributed by atoms with van der Waals surface area (Å²) in [6.45, 7) is 1.72. The fourth-order valence-corrected chi connectivity index (χ4v) is 1.74. The van der Waals surface area contributed by atoms with Crippen LogP contribution in [0.1, 0.15) is 6.92 Å². The van der Waals surface area contributed by atoms with Crippen molar-refractivity contribution in [2.75, 3.05) is 5.75 Å². The maximum absolute atomic E-state index is 10.5. The van der Waals surface area contributed by atoms with E-state index in [9.17, 15) is 4.79 Å². The molecule has 0 aromatic heterocycles. The number of thioether (sulfide) groups is 1. The Bertz CT molecular complexity index is 272. The lowest BCUT2D eigenvalue weighted by Gasteiger charge is -2.04. The molecule has 0 aliphatic rings. The lowest BCUT2D eigenvalue weighted by Crippen LogP contribution is -2.11. The first-order valence-corrected chi connectivity index (χ1v) is 5.09. The molecule has 2 nitrogen and oxygen atoms in total. The molecule has 0 spiro atoms. The summed E-state index contributed by atoms with van der Waals surface area (Å²) in [7, 11) is 0. The monoisotopic (exact) mass is 196 g/mol. The maximum atomic E-state index is 10.5. The quantitative estimate of drug-likeness (QED) is 0.752. The molecule has 3 heteroatoms. The highest BCUT2D eigenvalue weighted by Crippen LogP contribution is 2.19. The van der Waals surface area contributed by atoms with Gasteiger partial charge in [-0.2, -0.15) is 0 Å². The third-order valence-corrected chi connectivity index (χ3v) is 2.94. The van der Waals surface area contributed by atoms with E-state index in [1.165, 1.54) is 0 Å². The van der Waals surface area contributed by atoms with Gasteiger partial charge in [-0.3, -0.25) is 4.79 Å². The zero-order valence-electron chi connectivity index (χ0n) is 7.43. The molecule has 1 aromatic rings. The molecule has 0 heterocycles. The van der Waals surface area contributed by atoms with E-state index in [-0.39, 0.29) is 5.92 Å². The summed E-state index contributed by atoms with van der Waals surface area (Å²) in [6, 6.07) is 9.82. The molecule has 0 amide bonds. The Morgan fingerprint density at radius 2 is 2.08 bits per heavy atom. The van der Waals surface area contributed by atoms with E-state index in [0.717, 1.165) is 4.90 Å². The Balaban J connectivity index is 2.39. The lowest BCUT2D eigenvalue weighted by molar-refractivity contribution is -0.140. The average molecular weight is 196 g/mol. The van der Waals surface area contributed by atoms with Gasteiger partial charge < -0.3 is 5.11 Å². The second-order valence-corrected chi connectivity index (χ2v) is 3.96. The summed E-state index contributed by atoms with van der Waals surface area (Å²) in [6.07, 6.45) is 0. The third kappa shape index (κ3) is 3.51. The van der Waals surface area contributed by atoms with Crippen LogP contribution in [0.2, 0.25) is 0 Å². The van der Waals surface area contributed by atoms with Crippen molar-refractivity contribution in [3.8, 4) is 0 Å². The van der Waals surface area contributed by atoms with Crippen LogP contribution < -0.4 is 0 Å².